The summed E-state index contributed by atoms with van der Waals surface area (Å²) < 4.78 is 0. The molecule has 2 saturated heterocycles. The van der Waals surface area contributed by atoms with Gasteiger partial charge in [0, 0.05) is 43.3 Å². The van der Waals surface area contributed by atoms with Gasteiger partial charge in [-0.2, -0.15) is 11.8 Å². The topological polar surface area (TPSA) is 36.4 Å². The second-order valence-corrected chi connectivity index (χ2v) is 8.73. The summed E-state index contributed by atoms with van der Waals surface area (Å²) in [4.78, 5) is 22.5. The van der Waals surface area contributed by atoms with Crippen LogP contribution in [-0.2, 0) is 0 Å². The lowest BCUT2D eigenvalue weighted by Gasteiger charge is -2.40. The average Bonchev–Trinajstić information content (AvgIpc) is 2.68. The van der Waals surface area contributed by atoms with E-state index >= 15 is 0 Å². The molecule has 0 radical (unpaired) electrons. The molecule has 1 amide bonds. The van der Waals surface area contributed by atoms with E-state index in [0.29, 0.717) is 0 Å². The van der Waals surface area contributed by atoms with E-state index in [2.05, 4.69) is 40.7 Å². The summed E-state index contributed by atoms with van der Waals surface area (Å²) in [6.07, 6.45) is 2.60. The molecule has 0 atom stereocenters. The van der Waals surface area contributed by atoms with Gasteiger partial charge in [0.05, 0.1) is 11.1 Å². The van der Waals surface area contributed by atoms with E-state index in [4.69, 9.17) is 0 Å². The Hall–Kier alpha value is -1.59. The number of aryl methyl sites for hydroxylation is 2. The minimum atomic E-state index is 0.157. The number of fused-ring (bicyclic) bond motifs is 1. The number of piperazine rings is 1. The van der Waals surface area contributed by atoms with Crippen molar-refractivity contribution in [3.63, 3.8) is 0 Å². The highest BCUT2D eigenvalue weighted by Gasteiger charge is 2.28. The molecule has 1 aromatic heterocycles. The number of aromatic nitrogens is 1. The SMILES string of the molecule is Cc1ccc2nc(C)cc(C(=O)N3CCN(C4CCSCC4)CC3)c2c1. The molecule has 26 heavy (non-hydrogen) atoms. The van der Waals surface area contributed by atoms with Gasteiger partial charge in [-0.3, -0.25) is 14.7 Å². The minimum absolute atomic E-state index is 0.157. The van der Waals surface area contributed by atoms with Crippen LogP contribution in [0.15, 0.2) is 24.3 Å². The second kappa shape index (κ2) is 7.57. The summed E-state index contributed by atoms with van der Waals surface area (Å²) in [5, 5.41) is 0.979. The fourth-order valence-electron chi connectivity index (χ4n) is 4.16. The fraction of sp³-hybridized carbons (Fsp3) is 0.524. The van der Waals surface area contributed by atoms with Crippen molar-refractivity contribution in [3.8, 4) is 0 Å². The van der Waals surface area contributed by atoms with Crippen LogP contribution in [0, 0.1) is 13.8 Å². The van der Waals surface area contributed by atoms with Crippen molar-refractivity contribution in [1.29, 1.82) is 0 Å². The molecule has 0 saturated carbocycles. The van der Waals surface area contributed by atoms with E-state index in [1.807, 2.05) is 24.0 Å². The lowest BCUT2D eigenvalue weighted by Crippen LogP contribution is -2.52. The Kier molecular flexibility index (Phi) is 5.18. The zero-order valence-electron chi connectivity index (χ0n) is 15.7. The van der Waals surface area contributed by atoms with Gasteiger partial charge in [0.2, 0.25) is 0 Å². The number of nitrogens with zero attached hydrogens (tertiary/aromatic N) is 3. The number of carbonyl (C=O) groups is 1. The lowest BCUT2D eigenvalue weighted by atomic mass is 10.0. The summed E-state index contributed by atoms with van der Waals surface area (Å²) in [6.45, 7) is 7.70. The Morgan fingerprint density at radius 3 is 2.54 bits per heavy atom. The van der Waals surface area contributed by atoms with Crippen LogP contribution in [0.1, 0.15) is 34.5 Å². The summed E-state index contributed by atoms with van der Waals surface area (Å²) >= 11 is 2.07. The number of hydrogen-bond donors (Lipinski definition) is 0. The van der Waals surface area contributed by atoms with Gasteiger partial charge in [-0.05, 0) is 56.4 Å². The number of hydrogen-bond acceptors (Lipinski definition) is 4. The van der Waals surface area contributed by atoms with E-state index in [-0.39, 0.29) is 5.91 Å². The van der Waals surface area contributed by atoms with E-state index < -0.39 is 0 Å². The predicted octanol–water partition coefficient (Wildman–Crippen LogP) is 3.51. The smallest absolute Gasteiger partial charge is 0.254 e. The highest BCUT2D eigenvalue weighted by Crippen LogP contribution is 2.25. The van der Waals surface area contributed by atoms with Gasteiger partial charge in [0.1, 0.15) is 0 Å². The maximum Gasteiger partial charge on any atom is 0.254 e. The molecule has 2 aliphatic rings. The van der Waals surface area contributed by atoms with Crippen molar-refractivity contribution >= 4 is 28.6 Å². The third-order valence-corrected chi connectivity index (χ3v) is 6.68. The highest BCUT2D eigenvalue weighted by atomic mass is 32.2. The largest absolute Gasteiger partial charge is 0.336 e. The van der Waals surface area contributed by atoms with Gasteiger partial charge in [0.25, 0.3) is 5.91 Å². The van der Waals surface area contributed by atoms with E-state index in [9.17, 15) is 4.79 Å². The van der Waals surface area contributed by atoms with Crippen molar-refractivity contribution in [1.82, 2.24) is 14.8 Å². The van der Waals surface area contributed by atoms with Crippen LogP contribution in [0.3, 0.4) is 0 Å². The van der Waals surface area contributed by atoms with Crippen LogP contribution in [0.5, 0.6) is 0 Å². The third kappa shape index (κ3) is 3.60. The summed E-state index contributed by atoms with van der Waals surface area (Å²) in [5.74, 6) is 2.72. The van der Waals surface area contributed by atoms with Crippen LogP contribution < -0.4 is 0 Å². The standard InChI is InChI=1S/C21H27N3OS/c1-15-3-4-20-18(13-15)19(14-16(2)22-20)21(25)24-9-7-23(8-10-24)17-5-11-26-12-6-17/h3-4,13-14,17H,5-12H2,1-2H3. The van der Waals surface area contributed by atoms with Gasteiger partial charge in [-0.1, -0.05) is 11.6 Å². The van der Waals surface area contributed by atoms with E-state index in [0.717, 1.165) is 59.9 Å². The molecule has 4 rings (SSSR count). The molecule has 1 aromatic carbocycles. The molecule has 0 spiro atoms. The molecule has 2 aliphatic heterocycles. The molecule has 0 bridgehead atoms. The molecule has 2 fully saturated rings. The van der Waals surface area contributed by atoms with Gasteiger partial charge < -0.3 is 4.90 Å². The quantitative estimate of drug-likeness (QED) is 0.812. The molecule has 0 aliphatic carbocycles. The number of benzene rings is 1. The monoisotopic (exact) mass is 369 g/mol. The predicted molar refractivity (Wildman–Crippen MR) is 109 cm³/mol. The minimum Gasteiger partial charge on any atom is -0.336 e. The van der Waals surface area contributed by atoms with Crippen molar-refractivity contribution < 1.29 is 4.79 Å². The number of rotatable bonds is 2. The summed E-state index contributed by atoms with van der Waals surface area (Å²) in [7, 11) is 0. The number of pyridine rings is 1. The summed E-state index contributed by atoms with van der Waals surface area (Å²) in [5.41, 5.74) is 3.79. The van der Waals surface area contributed by atoms with Crippen LogP contribution in [-0.4, -0.2) is 64.4 Å². The van der Waals surface area contributed by atoms with Gasteiger partial charge in [0.15, 0.2) is 0 Å². The zero-order valence-corrected chi connectivity index (χ0v) is 16.5. The van der Waals surface area contributed by atoms with Gasteiger partial charge >= 0.3 is 0 Å². The molecular formula is C21H27N3OS. The maximum atomic E-state index is 13.2. The first-order valence-corrected chi connectivity index (χ1v) is 10.8. The Labute approximate surface area is 160 Å². The van der Waals surface area contributed by atoms with Crippen LogP contribution in [0.25, 0.3) is 10.9 Å². The first-order valence-electron chi connectivity index (χ1n) is 9.61. The molecule has 138 valence electrons. The molecule has 5 heteroatoms. The molecule has 2 aromatic rings. The van der Waals surface area contributed by atoms with Crippen LogP contribution in [0.2, 0.25) is 0 Å². The normalized spacial score (nSPS) is 19.8. The Morgan fingerprint density at radius 2 is 1.81 bits per heavy atom. The summed E-state index contributed by atoms with van der Waals surface area (Å²) in [6, 6.07) is 8.84. The maximum absolute atomic E-state index is 13.2. The number of amides is 1. The van der Waals surface area contributed by atoms with Crippen LogP contribution in [0.4, 0.5) is 0 Å². The average molecular weight is 370 g/mol. The first-order chi connectivity index (χ1) is 12.6. The van der Waals surface area contributed by atoms with Crippen molar-refractivity contribution in [3.05, 3.63) is 41.1 Å². The van der Waals surface area contributed by atoms with E-state index in [1.165, 1.54) is 24.3 Å². The molecule has 4 nitrogen and oxygen atoms in total. The Balaban J connectivity index is 1.52. The van der Waals surface area contributed by atoms with Crippen molar-refractivity contribution in [2.75, 3.05) is 37.7 Å². The van der Waals surface area contributed by atoms with Crippen molar-refractivity contribution in [2.45, 2.75) is 32.7 Å². The van der Waals surface area contributed by atoms with E-state index in [1.54, 1.807) is 0 Å². The van der Waals surface area contributed by atoms with Gasteiger partial charge in [-0.15, -0.1) is 0 Å². The number of thioether (sulfide) groups is 1. The molecule has 0 unspecified atom stereocenters. The zero-order chi connectivity index (χ0) is 18.1. The first kappa shape index (κ1) is 17.8. The molecule has 3 heterocycles. The molecule has 0 N–H and O–H groups in total. The van der Waals surface area contributed by atoms with Gasteiger partial charge in [-0.25, -0.2) is 0 Å². The third-order valence-electron chi connectivity index (χ3n) is 5.63. The lowest BCUT2D eigenvalue weighted by molar-refractivity contribution is 0.0561. The Bertz CT molecular complexity index is 808. The highest BCUT2D eigenvalue weighted by molar-refractivity contribution is 7.99. The van der Waals surface area contributed by atoms with Crippen molar-refractivity contribution in [2.24, 2.45) is 0 Å². The van der Waals surface area contributed by atoms with Crippen LogP contribution >= 0.6 is 11.8 Å². The Morgan fingerprint density at radius 1 is 1.08 bits per heavy atom. The number of carbonyl (C=O) groups excluding carboxylic acids is 1. The fourth-order valence-corrected chi connectivity index (χ4v) is 5.24. The second-order valence-electron chi connectivity index (χ2n) is 7.50. The molecular weight excluding hydrogens is 342 g/mol.